The fourth-order valence-electron chi connectivity index (χ4n) is 3.95. The molecule has 0 fully saturated rings. The summed E-state index contributed by atoms with van der Waals surface area (Å²) in [6, 6.07) is 10.1. The number of fused-ring (bicyclic) bond motifs is 1. The number of nitrogens with one attached hydrogen (secondary N) is 1. The van der Waals surface area contributed by atoms with Crippen LogP contribution in [0.4, 0.5) is 0 Å². The molecule has 0 spiro atoms. The van der Waals surface area contributed by atoms with E-state index >= 15 is 0 Å². The molecule has 2 unspecified atom stereocenters. The summed E-state index contributed by atoms with van der Waals surface area (Å²) >= 11 is 0. The minimum Gasteiger partial charge on any atom is -0.494 e. The van der Waals surface area contributed by atoms with Gasteiger partial charge in [-0.05, 0) is 59.2 Å². The molecular formula is C26H38N2O5S. The van der Waals surface area contributed by atoms with Gasteiger partial charge in [-0.1, -0.05) is 58.9 Å². The molecule has 0 radical (unpaired) electrons. The van der Waals surface area contributed by atoms with Crippen molar-refractivity contribution in [2.24, 2.45) is 11.8 Å². The van der Waals surface area contributed by atoms with Gasteiger partial charge in [0.1, 0.15) is 17.0 Å². The molecule has 0 heterocycles. The zero-order chi connectivity index (χ0) is 25.5. The molecule has 2 N–H and O–H groups in total. The first-order valence-corrected chi connectivity index (χ1v) is 13.3. The van der Waals surface area contributed by atoms with Gasteiger partial charge in [0, 0.05) is 6.54 Å². The molecule has 2 aromatic carbocycles. The van der Waals surface area contributed by atoms with E-state index in [1.165, 1.54) is 10.4 Å². The molecule has 8 heteroatoms. The number of ether oxygens (including phenoxy) is 1. The van der Waals surface area contributed by atoms with Gasteiger partial charge in [0.25, 0.3) is 5.91 Å². The van der Waals surface area contributed by atoms with Crippen LogP contribution < -0.4 is 10.2 Å². The van der Waals surface area contributed by atoms with E-state index in [1.807, 2.05) is 51.1 Å². The van der Waals surface area contributed by atoms with Crippen LogP contribution in [0.15, 0.2) is 49.1 Å². The van der Waals surface area contributed by atoms with Gasteiger partial charge in [-0.3, -0.25) is 10.0 Å². The number of amides is 1. The van der Waals surface area contributed by atoms with Crippen LogP contribution in [0.2, 0.25) is 0 Å². The van der Waals surface area contributed by atoms with E-state index in [9.17, 15) is 18.4 Å². The number of carbonyl (C=O) groups is 1. The summed E-state index contributed by atoms with van der Waals surface area (Å²) in [4.78, 5) is 12.5. The lowest BCUT2D eigenvalue weighted by molar-refractivity contribution is -0.134. The highest BCUT2D eigenvalue weighted by atomic mass is 32.2. The first kappa shape index (κ1) is 27.8. The van der Waals surface area contributed by atoms with Gasteiger partial charge < -0.3 is 4.74 Å². The van der Waals surface area contributed by atoms with E-state index in [4.69, 9.17) is 4.74 Å². The highest BCUT2D eigenvalue weighted by Crippen LogP contribution is 2.33. The fraction of sp³-hybridized carbons (Fsp3) is 0.500. The number of benzene rings is 2. The Morgan fingerprint density at radius 1 is 1.15 bits per heavy atom. The van der Waals surface area contributed by atoms with Crippen LogP contribution in [-0.2, 0) is 14.8 Å². The predicted octanol–water partition coefficient (Wildman–Crippen LogP) is 5.06. The third-order valence-corrected chi connectivity index (χ3v) is 7.92. The smallest absolute Gasteiger partial charge is 0.262 e. The molecule has 0 aliphatic rings. The normalized spacial score (nSPS) is 13.9. The molecule has 2 rings (SSSR count). The molecule has 188 valence electrons. The summed E-state index contributed by atoms with van der Waals surface area (Å²) in [5, 5.41) is 10.1. The number of sulfonamides is 1. The maximum atomic E-state index is 13.9. The second kappa shape index (κ2) is 12.3. The van der Waals surface area contributed by atoms with Crippen molar-refractivity contribution in [2.75, 3.05) is 13.2 Å². The Labute approximate surface area is 203 Å². The Morgan fingerprint density at radius 3 is 2.35 bits per heavy atom. The summed E-state index contributed by atoms with van der Waals surface area (Å²) < 4.78 is 34.8. The summed E-state index contributed by atoms with van der Waals surface area (Å²) in [6.07, 6.45) is 2.88. The minimum absolute atomic E-state index is 0.159. The molecule has 0 aliphatic heterocycles. The number of nitrogens with zero attached hydrogens (tertiary/aromatic N) is 1. The number of hydrogen-bond donors (Lipinski definition) is 2. The van der Waals surface area contributed by atoms with Gasteiger partial charge in [-0.25, -0.2) is 13.9 Å². The maximum Gasteiger partial charge on any atom is 0.262 e. The molecule has 2 atom stereocenters. The van der Waals surface area contributed by atoms with Crippen LogP contribution in [-0.4, -0.2) is 43.0 Å². The van der Waals surface area contributed by atoms with E-state index in [0.29, 0.717) is 18.6 Å². The van der Waals surface area contributed by atoms with E-state index in [2.05, 4.69) is 6.58 Å². The Kier molecular flexibility index (Phi) is 10.1. The van der Waals surface area contributed by atoms with Crippen molar-refractivity contribution in [1.82, 2.24) is 9.79 Å². The summed E-state index contributed by atoms with van der Waals surface area (Å²) in [7, 11) is -4.03. The highest BCUT2D eigenvalue weighted by Gasteiger charge is 2.40. The zero-order valence-corrected chi connectivity index (χ0v) is 21.6. The molecule has 0 saturated heterocycles. The van der Waals surface area contributed by atoms with Crippen molar-refractivity contribution < 1.29 is 23.2 Å². The van der Waals surface area contributed by atoms with Gasteiger partial charge in [-0.2, -0.15) is 4.31 Å². The minimum atomic E-state index is -4.03. The fourth-order valence-corrected chi connectivity index (χ4v) is 5.99. The van der Waals surface area contributed by atoms with Crippen LogP contribution in [0.5, 0.6) is 5.75 Å². The number of rotatable bonds is 13. The maximum absolute atomic E-state index is 13.9. The molecule has 2 aromatic rings. The van der Waals surface area contributed by atoms with Gasteiger partial charge >= 0.3 is 0 Å². The van der Waals surface area contributed by atoms with E-state index in [1.54, 1.807) is 25.4 Å². The number of hydrogen-bond acceptors (Lipinski definition) is 5. The van der Waals surface area contributed by atoms with Gasteiger partial charge in [0.15, 0.2) is 0 Å². The summed E-state index contributed by atoms with van der Waals surface area (Å²) in [5.41, 5.74) is 2.21. The zero-order valence-electron chi connectivity index (χ0n) is 20.8. The van der Waals surface area contributed by atoms with Crippen molar-refractivity contribution in [3.05, 3.63) is 54.6 Å². The molecular weight excluding hydrogens is 452 g/mol. The van der Waals surface area contributed by atoms with Crippen molar-refractivity contribution >= 4 is 26.7 Å². The molecule has 7 nitrogen and oxygen atoms in total. The first-order valence-electron chi connectivity index (χ1n) is 11.8. The van der Waals surface area contributed by atoms with Crippen LogP contribution in [0.1, 0.15) is 58.3 Å². The first-order chi connectivity index (χ1) is 16.1. The average Bonchev–Trinajstić information content (AvgIpc) is 2.79. The third kappa shape index (κ3) is 6.58. The van der Waals surface area contributed by atoms with E-state index in [-0.39, 0.29) is 18.4 Å². The Bertz CT molecular complexity index is 1080. The molecule has 34 heavy (non-hydrogen) atoms. The molecule has 0 saturated carbocycles. The van der Waals surface area contributed by atoms with E-state index in [0.717, 1.165) is 22.9 Å². The largest absolute Gasteiger partial charge is 0.494 e. The van der Waals surface area contributed by atoms with Gasteiger partial charge in [0.2, 0.25) is 10.0 Å². The van der Waals surface area contributed by atoms with Crippen molar-refractivity contribution in [3.63, 3.8) is 0 Å². The predicted molar refractivity (Wildman–Crippen MR) is 136 cm³/mol. The lowest BCUT2D eigenvalue weighted by atomic mass is 10.0. The topological polar surface area (TPSA) is 95.9 Å². The van der Waals surface area contributed by atoms with Crippen LogP contribution in [0.3, 0.4) is 0 Å². The number of hydroxylamine groups is 1. The molecule has 1 amide bonds. The van der Waals surface area contributed by atoms with Crippen LogP contribution in [0.25, 0.3) is 10.8 Å². The monoisotopic (exact) mass is 490 g/mol. The lowest BCUT2D eigenvalue weighted by Crippen LogP contribution is -2.53. The van der Waals surface area contributed by atoms with Crippen molar-refractivity contribution in [2.45, 2.75) is 58.8 Å². The van der Waals surface area contributed by atoms with Crippen LogP contribution in [0, 0.1) is 11.8 Å². The molecule has 0 aromatic heterocycles. The van der Waals surface area contributed by atoms with Crippen LogP contribution >= 0.6 is 0 Å². The Hall–Kier alpha value is -2.42. The SMILES string of the molecule is C=CC(c1ccc2cc(OCCC)ccc2c1)S(=O)(=O)N(CCC(C)C)C(C(=O)NO)C(C)C. The lowest BCUT2D eigenvalue weighted by Gasteiger charge is -2.34. The van der Waals surface area contributed by atoms with Crippen molar-refractivity contribution in [3.8, 4) is 5.75 Å². The van der Waals surface area contributed by atoms with E-state index < -0.39 is 27.2 Å². The molecule has 0 bridgehead atoms. The quantitative estimate of drug-likeness (QED) is 0.232. The van der Waals surface area contributed by atoms with Crippen molar-refractivity contribution in [1.29, 1.82) is 0 Å². The second-order valence-electron chi connectivity index (χ2n) is 9.28. The number of carbonyl (C=O) groups excluding carboxylic acids is 1. The third-order valence-electron chi connectivity index (χ3n) is 5.75. The average molecular weight is 491 g/mol. The molecule has 0 aliphatic carbocycles. The summed E-state index contributed by atoms with van der Waals surface area (Å²) in [6.45, 7) is 14.1. The van der Waals surface area contributed by atoms with Gasteiger partial charge in [-0.15, -0.1) is 6.58 Å². The standard InChI is InChI=1S/C26H38N2O5S/c1-7-15-33-23-12-11-20-16-22(10-9-21(20)17-23)24(8-2)34(31,32)28(14-13-18(3)4)25(19(5)6)26(29)27-30/h8-12,16-19,24-25,30H,2,7,13-15H2,1,3-6H3,(H,27,29). The van der Waals surface area contributed by atoms with Gasteiger partial charge in [0.05, 0.1) is 6.61 Å². The summed E-state index contributed by atoms with van der Waals surface area (Å²) in [5.74, 6) is -0.0970. The Morgan fingerprint density at radius 2 is 1.79 bits per heavy atom. The highest BCUT2D eigenvalue weighted by molar-refractivity contribution is 7.89. The Balaban J connectivity index is 2.51. The second-order valence-corrected chi connectivity index (χ2v) is 11.3.